The van der Waals surface area contributed by atoms with E-state index in [0.717, 1.165) is 28.5 Å². The van der Waals surface area contributed by atoms with Gasteiger partial charge in [-0.1, -0.05) is 115 Å². The minimum Gasteiger partial charge on any atom is -0.467 e. The van der Waals surface area contributed by atoms with Gasteiger partial charge in [-0.15, -0.1) is 0 Å². The summed E-state index contributed by atoms with van der Waals surface area (Å²) in [5, 5.41) is -0.962. The van der Waals surface area contributed by atoms with Gasteiger partial charge >= 0.3 is 5.97 Å². The quantitative estimate of drug-likeness (QED) is 0.237. The lowest BCUT2D eigenvalue weighted by molar-refractivity contribution is -0.143. The highest BCUT2D eigenvalue weighted by atomic mass is 32.2. The van der Waals surface area contributed by atoms with Crippen LogP contribution in [0.5, 0.6) is 0 Å². The van der Waals surface area contributed by atoms with Crippen molar-refractivity contribution in [2.75, 3.05) is 12.0 Å². The molecule has 0 saturated heterocycles. The number of amides is 1. The Bertz CT molecular complexity index is 1360. The Hall–Kier alpha value is -4.16. The van der Waals surface area contributed by atoms with Gasteiger partial charge in [0.05, 0.1) is 12.4 Å². The van der Waals surface area contributed by atoms with Crippen LogP contribution in [0.25, 0.3) is 11.1 Å². The van der Waals surface area contributed by atoms with Crippen LogP contribution >= 0.6 is 11.8 Å². The van der Waals surface area contributed by atoms with E-state index in [1.807, 2.05) is 91.0 Å². The van der Waals surface area contributed by atoms with Crippen LogP contribution in [-0.4, -0.2) is 35.4 Å². The number of thioether (sulfide) groups is 1. The molecule has 6 heteroatoms. The number of hydrogen-bond acceptors (Lipinski definition) is 5. The predicted octanol–water partition coefficient (Wildman–Crippen LogP) is 6.43. The van der Waals surface area contributed by atoms with Gasteiger partial charge in [-0.05, 0) is 42.2 Å². The van der Waals surface area contributed by atoms with E-state index in [1.165, 1.54) is 12.0 Å². The fourth-order valence-electron chi connectivity index (χ4n) is 4.20. The van der Waals surface area contributed by atoms with Gasteiger partial charge in [0.2, 0.25) is 11.0 Å². The van der Waals surface area contributed by atoms with Gasteiger partial charge in [0.15, 0.2) is 0 Å². The molecule has 4 aromatic rings. The molecule has 5 nitrogen and oxygen atoms in total. The second kappa shape index (κ2) is 12.9. The number of carbonyl (C=O) groups is 3. The molecular weight excluding hydrogens is 494 g/mol. The third kappa shape index (κ3) is 6.58. The molecule has 0 spiro atoms. The van der Waals surface area contributed by atoms with Crippen molar-refractivity contribution in [3.8, 4) is 11.1 Å². The van der Waals surface area contributed by atoms with Crippen molar-refractivity contribution in [2.45, 2.75) is 24.6 Å². The minimum atomic E-state index is -0.888. The van der Waals surface area contributed by atoms with Crippen LogP contribution in [0.4, 0.5) is 5.69 Å². The molecule has 0 bridgehead atoms. The molecule has 0 N–H and O–H groups in total. The number of rotatable bonds is 9. The first-order valence-corrected chi connectivity index (χ1v) is 13.2. The molecule has 4 aromatic carbocycles. The Morgan fingerprint density at radius 3 is 1.84 bits per heavy atom. The zero-order chi connectivity index (χ0) is 26.9. The molecule has 38 heavy (non-hydrogen) atoms. The number of esters is 1. The molecule has 192 valence electrons. The van der Waals surface area contributed by atoms with E-state index in [0.29, 0.717) is 17.7 Å². The monoisotopic (exact) mass is 523 g/mol. The van der Waals surface area contributed by atoms with Crippen LogP contribution in [0.15, 0.2) is 115 Å². The molecular formula is C32H29NO4S. The van der Waals surface area contributed by atoms with Gasteiger partial charge in [0.25, 0.3) is 0 Å². The maximum atomic E-state index is 14.2. The topological polar surface area (TPSA) is 63.7 Å². The second-order valence-electron chi connectivity index (χ2n) is 8.77. The minimum absolute atomic E-state index is 0.204. The number of carbonyl (C=O) groups excluding carboxylic acids is 3. The summed E-state index contributed by atoms with van der Waals surface area (Å²) in [6.45, 7) is 1.64. The summed E-state index contributed by atoms with van der Waals surface area (Å²) < 4.78 is 5.00. The SMILES string of the molecule is COC(=O)[C@H](C)N(C(=O)C(Cc1ccccc1)SC(=O)c1ccccc1)c1ccc(-c2ccccc2)cc1. The molecule has 1 unspecified atom stereocenters. The van der Waals surface area contributed by atoms with Gasteiger partial charge in [-0.2, -0.15) is 0 Å². The third-order valence-electron chi connectivity index (χ3n) is 6.22. The van der Waals surface area contributed by atoms with Crippen molar-refractivity contribution in [1.82, 2.24) is 0 Å². The molecule has 0 heterocycles. The van der Waals surface area contributed by atoms with E-state index < -0.39 is 17.3 Å². The fraction of sp³-hybridized carbons (Fsp3) is 0.156. The zero-order valence-corrected chi connectivity index (χ0v) is 22.1. The molecule has 0 aliphatic rings. The number of ether oxygens (including phenoxy) is 1. The van der Waals surface area contributed by atoms with E-state index in [9.17, 15) is 14.4 Å². The molecule has 2 atom stereocenters. The smallest absolute Gasteiger partial charge is 0.328 e. The first-order valence-electron chi connectivity index (χ1n) is 12.3. The van der Waals surface area contributed by atoms with Crippen molar-refractivity contribution in [1.29, 1.82) is 0 Å². The Labute approximate surface area is 227 Å². The van der Waals surface area contributed by atoms with Crippen LogP contribution in [0.3, 0.4) is 0 Å². The second-order valence-corrected chi connectivity index (χ2v) is 9.95. The van der Waals surface area contributed by atoms with Gasteiger partial charge in [0, 0.05) is 11.3 Å². The van der Waals surface area contributed by atoms with Gasteiger partial charge < -0.3 is 4.74 Å². The highest BCUT2D eigenvalue weighted by molar-refractivity contribution is 8.15. The lowest BCUT2D eigenvalue weighted by Crippen LogP contribution is -2.48. The van der Waals surface area contributed by atoms with Gasteiger partial charge in [0.1, 0.15) is 6.04 Å². The standard InChI is InChI=1S/C32H29NO4S/c1-23(31(35)37-2)33(28-20-18-26(19-21-28)25-14-8-4-9-15-25)30(34)29(22-24-12-6-3-7-13-24)38-32(36)27-16-10-5-11-17-27/h3-21,23,29H,22H2,1-2H3/t23-,29?/m0/s1. The molecule has 0 aliphatic carbocycles. The lowest BCUT2D eigenvalue weighted by atomic mass is 10.0. The summed E-state index contributed by atoms with van der Waals surface area (Å²) in [5.41, 5.74) is 4.02. The number of benzene rings is 4. The van der Waals surface area contributed by atoms with Gasteiger partial charge in [-0.25, -0.2) is 4.79 Å². The van der Waals surface area contributed by atoms with Crippen LogP contribution in [0, 0.1) is 0 Å². The summed E-state index contributed by atoms with van der Waals surface area (Å²) in [6, 6.07) is 35.0. The lowest BCUT2D eigenvalue weighted by Gasteiger charge is -2.31. The molecule has 0 aliphatic heterocycles. The Kier molecular flexibility index (Phi) is 9.11. The number of hydrogen-bond donors (Lipinski definition) is 0. The molecule has 0 radical (unpaired) electrons. The van der Waals surface area contributed by atoms with Crippen molar-refractivity contribution in [3.05, 3.63) is 126 Å². The average Bonchev–Trinajstić information content (AvgIpc) is 2.98. The van der Waals surface area contributed by atoms with Crippen molar-refractivity contribution in [2.24, 2.45) is 0 Å². The largest absolute Gasteiger partial charge is 0.467 e. The third-order valence-corrected chi connectivity index (χ3v) is 7.32. The van der Waals surface area contributed by atoms with E-state index in [1.54, 1.807) is 31.2 Å². The summed E-state index contributed by atoms with van der Waals surface area (Å²) in [5.74, 6) is -0.878. The number of anilines is 1. The van der Waals surface area contributed by atoms with E-state index >= 15 is 0 Å². The summed E-state index contributed by atoms with van der Waals surface area (Å²) in [7, 11) is 1.30. The molecule has 0 aromatic heterocycles. The van der Waals surface area contributed by atoms with Crippen LogP contribution in [0.2, 0.25) is 0 Å². The molecule has 4 rings (SSSR count). The fourth-order valence-corrected chi connectivity index (χ4v) is 5.22. The summed E-state index contributed by atoms with van der Waals surface area (Å²) in [6.07, 6.45) is 0.329. The van der Waals surface area contributed by atoms with Crippen molar-refractivity contribution in [3.63, 3.8) is 0 Å². The highest BCUT2D eigenvalue weighted by Gasteiger charge is 2.35. The maximum absolute atomic E-state index is 14.2. The Morgan fingerprint density at radius 1 is 0.737 bits per heavy atom. The first-order chi connectivity index (χ1) is 18.5. The van der Waals surface area contributed by atoms with Gasteiger partial charge in [-0.3, -0.25) is 14.5 Å². The van der Waals surface area contributed by atoms with Crippen molar-refractivity contribution < 1.29 is 19.1 Å². The molecule has 0 saturated carbocycles. The first kappa shape index (κ1) is 26.9. The summed E-state index contributed by atoms with van der Waals surface area (Å²) in [4.78, 5) is 41.4. The maximum Gasteiger partial charge on any atom is 0.328 e. The van der Waals surface area contributed by atoms with Crippen molar-refractivity contribution >= 4 is 34.4 Å². The molecule has 1 amide bonds. The average molecular weight is 524 g/mol. The predicted molar refractivity (Wildman–Crippen MR) is 153 cm³/mol. The highest BCUT2D eigenvalue weighted by Crippen LogP contribution is 2.29. The normalized spacial score (nSPS) is 12.3. The van der Waals surface area contributed by atoms with E-state index in [-0.39, 0.29) is 11.0 Å². The van der Waals surface area contributed by atoms with Crippen LogP contribution in [-0.2, 0) is 20.7 Å². The van der Waals surface area contributed by atoms with Crippen LogP contribution < -0.4 is 4.90 Å². The summed E-state index contributed by atoms with van der Waals surface area (Å²) >= 11 is 0.978. The van der Waals surface area contributed by atoms with E-state index in [2.05, 4.69) is 0 Å². The number of methoxy groups -OCH3 is 1. The Balaban J connectivity index is 1.69. The van der Waals surface area contributed by atoms with E-state index in [4.69, 9.17) is 4.74 Å². The zero-order valence-electron chi connectivity index (χ0n) is 21.3. The molecule has 0 fully saturated rings. The Morgan fingerprint density at radius 2 is 1.26 bits per heavy atom. The van der Waals surface area contributed by atoms with Crippen LogP contribution in [0.1, 0.15) is 22.8 Å². The number of nitrogens with zero attached hydrogens (tertiary/aromatic N) is 1.